The average molecular weight is 470 g/mol. The standard InChI is InChI=1S/C22H24FN7O2S/c1-28(13-17-12-25-29(2)14-17)15-21-26-22(10-16-6-4-3-5-7-16)30(27-21)20-9-8-18(11-19(20)23)33(24,31)32/h3-9,11-12,14H,10,13,15H2,1-2H3,(H2,24,31,32). The normalized spacial score (nSPS) is 11.9. The summed E-state index contributed by atoms with van der Waals surface area (Å²) in [6, 6.07) is 13.2. The molecule has 0 saturated heterocycles. The Balaban J connectivity index is 1.66. The summed E-state index contributed by atoms with van der Waals surface area (Å²) in [5.74, 6) is 0.298. The van der Waals surface area contributed by atoms with Gasteiger partial charge in [0.15, 0.2) is 5.82 Å². The molecule has 0 spiro atoms. The zero-order chi connectivity index (χ0) is 23.6. The average Bonchev–Trinajstić information content (AvgIpc) is 3.33. The van der Waals surface area contributed by atoms with E-state index in [1.807, 2.05) is 55.5 Å². The predicted octanol–water partition coefficient (Wildman–Crippen LogP) is 2.01. The van der Waals surface area contributed by atoms with Crippen LogP contribution in [-0.2, 0) is 36.6 Å². The summed E-state index contributed by atoms with van der Waals surface area (Å²) in [7, 11) is -0.224. The minimum atomic E-state index is -4.02. The van der Waals surface area contributed by atoms with Crippen molar-refractivity contribution in [2.75, 3.05) is 7.05 Å². The molecule has 0 aliphatic heterocycles. The summed E-state index contributed by atoms with van der Waals surface area (Å²) in [4.78, 5) is 6.39. The van der Waals surface area contributed by atoms with Gasteiger partial charge in [-0.25, -0.2) is 27.6 Å². The Labute approximate surface area is 191 Å². The first kappa shape index (κ1) is 22.8. The molecule has 11 heteroatoms. The summed E-state index contributed by atoms with van der Waals surface area (Å²) in [5, 5.41) is 13.8. The zero-order valence-corrected chi connectivity index (χ0v) is 19.1. The van der Waals surface area contributed by atoms with Crippen LogP contribution in [0.15, 0.2) is 65.8 Å². The quantitative estimate of drug-likeness (QED) is 0.423. The van der Waals surface area contributed by atoms with E-state index in [1.54, 1.807) is 10.9 Å². The maximum absolute atomic E-state index is 14.9. The van der Waals surface area contributed by atoms with Gasteiger partial charge in [-0.05, 0) is 30.8 Å². The molecule has 2 aromatic heterocycles. The number of aryl methyl sites for hydroxylation is 1. The zero-order valence-electron chi connectivity index (χ0n) is 18.3. The van der Waals surface area contributed by atoms with Crippen LogP contribution >= 0.6 is 0 Å². The fourth-order valence-electron chi connectivity index (χ4n) is 3.54. The summed E-state index contributed by atoms with van der Waals surface area (Å²) in [6.45, 7) is 1.08. The van der Waals surface area contributed by atoms with Crippen LogP contribution in [0.25, 0.3) is 5.69 Å². The van der Waals surface area contributed by atoms with E-state index in [2.05, 4.69) is 15.2 Å². The third kappa shape index (κ3) is 5.51. The summed E-state index contributed by atoms with van der Waals surface area (Å²) >= 11 is 0. The fourth-order valence-corrected chi connectivity index (χ4v) is 4.07. The first-order valence-corrected chi connectivity index (χ1v) is 11.7. The molecule has 0 fully saturated rings. The van der Waals surface area contributed by atoms with Gasteiger partial charge in [-0.2, -0.15) is 5.10 Å². The van der Waals surface area contributed by atoms with E-state index in [0.29, 0.717) is 31.2 Å². The Kier molecular flexibility index (Phi) is 6.36. The molecule has 0 saturated carbocycles. The summed E-state index contributed by atoms with van der Waals surface area (Å²) in [6.07, 6.45) is 4.16. The molecule has 0 unspecified atom stereocenters. The van der Waals surface area contributed by atoms with Crippen LogP contribution in [0, 0.1) is 5.82 Å². The minimum Gasteiger partial charge on any atom is -0.295 e. The van der Waals surface area contributed by atoms with E-state index in [0.717, 1.165) is 17.2 Å². The van der Waals surface area contributed by atoms with Gasteiger partial charge in [-0.1, -0.05) is 30.3 Å². The van der Waals surface area contributed by atoms with Crippen molar-refractivity contribution in [3.63, 3.8) is 0 Å². The molecule has 2 N–H and O–H groups in total. The van der Waals surface area contributed by atoms with Crippen LogP contribution in [0.1, 0.15) is 22.8 Å². The fraction of sp³-hybridized carbons (Fsp3) is 0.227. The second kappa shape index (κ2) is 9.22. The number of nitrogens with zero attached hydrogens (tertiary/aromatic N) is 6. The summed E-state index contributed by atoms with van der Waals surface area (Å²) in [5.41, 5.74) is 2.14. The number of hydrogen-bond acceptors (Lipinski definition) is 6. The van der Waals surface area contributed by atoms with Crippen LogP contribution in [0.3, 0.4) is 0 Å². The van der Waals surface area contributed by atoms with Gasteiger partial charge in [0.2, 0.25) is 10.0 Å². The number of primary sulfonamides is 1. The first-order chi connectivity index (χ1) is 15.7. The Morgan fingerprint density at radius 1 is 1.09 bits per heavy atom. The lowest BCUT2D eigenvalue weighted by Gasteiger charge is -2.12. The predicted molar refractivity (Wildman–Crippen MR) is 120 cm³/mol. The molecule has 0 bridgehead atoms. The van der Waals surface area contributed by atoms with Crippen molar-refractivity contribution in [3.8, 4) is 5.69 Å². The van der Waals surface area contributed by atoms with E-state index in [9.17, 15) is 12.8 Å². The summed E-state index contributed by atoms with van der Waals surface area (Å²) < 4.78 is 41.2. The highest BCUT2D eigenvalue weighted by molar-refractivity contribution is 7.89. The Morgan fingerprint density at radius 2 is 1.85 bits per heavy atom. The van der Waals surface area contributed by atoms with Gasteiger partial charge in [0.05, 0.1) is 17.6 Å². The lowest BCUT2D eigenvalue weighted by molar-refractivity contribution is 0.310. The second-order valence-electron chi connectivity index (χ2n) is 7.87. The molecule has 33 heavy (non-hydrogen) atoms. The molecule has 4 aromatic rings. The van der Waals surface area contributed by atoms with Gasteiger partial charge in [-0.15, -0.1) is 5.10 Å². The molecule has 2 heterocycles. The largest absolute Gasteiger partial charge is 0.295 e. The topological polar surface area (TPSA) is 112 Å². The highest BCUT2D eigenvalue weighted by atomic mass is 32.2. The number of rotatable bonds is 8. The van der Waals surface area contributed by atoms with E-state index in [-0.39, 0.29) is 10.6 Å². The van der Waals surface area contributed by atoms with Crippen molar-refractivity contribution in [1.82, 2.24) is 29.4 Å². The number of halogens is 1. The SMILES string of the molecule is CN(Cc1cnn(C)c1)Cc1nc(Cc2ccccc2)n(-c2ccc(S(N)(=O)=O)cc2F)n1. The molecule has 2 aromatic carbocycles. The Hall–Kier alpha value is -3.41. The van der Waals surface area contributed by atoms with Gasteiger partial charge in [0.25, 0.3) is 0 Å². The van der Waals surface area contributed by atoms with Crippen LogP contribution < -0.4 is 5.14 Å². The molecule has 0 atom stereocenters. The molecule has 0 aliphatic carbocycles. The van der Waals surface area contributed by atoms with E-state index in [1.165, 1.54) is 16.8 Å². The van der Waals surface area contributed by atoms with E-state index < -0.39 is 15.8 Å². The lowest BCUT2D eigenvalue weighted by atomic mass is 10.1. The molecule has 0 amide bonds. The van der Waals surface area contributed by atoms with Crippen LogP contribution in [0.5, 0.6) is 0 Å². The Bertz CT molecular complexity index is 1370. The van der Waals surface area contributed by atoms with Crippen molar-refractivity contribution in [1.29, 1.82) is 0 Å². The number of hydrogen-bond donors (Lipinski definition) is 1. The number of aromatic nitrogens is 5. The van der Waals surface area contributed by atoms with Crippen molar-refractivity contribution in [2.24, 2.45) is 12.2 Å². The molecule has 9 nitrogen and oxygen atoms in total. The third-order valence-corrected chi connectivity index (χ3v) is 5.93. The molecule has 0 aliphatic rings. The molecule has 4 rings (SSSR count). The minimum absolute atomic E-state index is 0.0991. The van der Waals surface area contributed by atoms with Gasteiger partial charge < -0.3 is 0 Å². The highest BCUT2D eigenvalue weighted by Crippen LogP contribution is 2.20. The number of nitrogens with two attached hydrogens (primary N) is 1. The maximum Gasteiger partial charge on any atom is 0.238 e. The van der Waals surface area contributed by atoms with Crippen molar-refractivity contribution in [2.45, 2.75) is 24.4 Å². The van der Waals surface area contributed by atoms with Gasteiger partial charge >= 0.3 is 0 Å². The maximum atomic E-state index is 14.9. The molecular formula is C22H24FN7O2S. The molecule has 172 valence electrons. The van der Waals surface area contributed by atoms with Crippen molar-refractivity contribution >= 4 is 10.0 Å². The van der Waals surface area contributed by atoms with Crippen molar-refractivity contribution < 1.29 is 12.8 Å². The highest BCUT2D eigenvalue weighted by Gasteiger charge is 2.19. The van der Waals surface area contributed by atoms with Crippen LogP contribution in [0.4, 0.5) is 4.39 Å². The van der Waals surface area contributed by atoms with Gasteiger partial charge in [0.1, 0.15) is 17.3 Å². The van der Waals surface area contributed by atoms with Crippen LogP contribution in [0.2, 0.25) is 0 Å². The number of sulfonamides is 1. The molecular weight excluding hydrogens is 445 g/mol. The van der Waals surface area contributed by atoms with Gasteiger partial charge in [0, 0.05) is 31.8 Å². The Morgan fingerprint density at radius 3 is 2.48 bits per heavy atom. The van der Waals surface area contributed by atoms with Crippen LogP contribution in [-0.4, -0.2) is 44.9 Å². The second-order valence-corrected chi connectivity index (χ2v) is 9.43. The monoisotopic (exact) mass is 469 g/mol. The lowest BCUT2D eigenvalue weighted by Crippen LogP contribution is -2.18. The van der Waals surface area contributed by atoms with Crippen molar-refractivity contribution in [3.05, 3.63) is 89.5 Å². The van der Waals surface area contributed by atoms with E-state index >= 15 is 0 Å². The van der Waals surface area contributed by atoms with Gasteiger partial charge in [-0.3, -0.25) is 9.58 Å². The first-order valence-electron chi connectivity index (χ1n) is 10.2. The van der Waals surface area contributed by atoms with E-state index in [4.69, 9.17) is 5.14 Å². The number of benzene rings is 2. The third-order valence-electron chi connectivity index (χ3n) is 5.02. The smallest absolute Gasteiger partial charge is 0.238 e. The molecule has 0 radical (unpaired) electrons.